The molecule has 16 heavy (non-hydrogen) atoms. The van der Waals surface area contributed by atoms with Crippen LogP contribution in [0.2, 0.25) is 0 Å². The number of nitrogens with one attached hydrogen (secondary N) is 1. The van der Waals surface area contributed by atoms with Crippen LogP contribution in [0.15, 0.2) is 41.2 Å². The summed E-state index contributed by atoms with van der Waals surface area (Å²) in [5.41, 5.74) is 2.55. The molecule has 0 saturated carbocycles. The molecule has 0 fully saturated rings. The van der Waals surface area contributed by atoms with Gasteiger partial charge in [-0.25, -0.2) is 5.10 Å². The first kappa shape index (κ1) is 10.6. The first-order valence-corrected chi connectivity index (χ1v) is 5.05. The fourth-order valence-electron chi connectivity index (χ4n) is 1.48. The molecule has 0 bridgehead atoms. The van der Waals surface area contributed by atoms with Gasteiger partial charge in [0.05, 0.1) is 5.69 Å². The van der Waals surface area contributed by atoms with Crippen LogP contribution in [0.25, 0.3) is 11.3 Å². The van der Waals surface area contributed by atoms with Crippen LogP contribution in [0.1, 0.15) is 5.56 Å². The summed E-state index contributed by atoms with van der Waals surface area (Å²) in [5.74, 6) is 0. The van der Waals surface area contributed by atoms with Crippen molar-refractivity contribution in [2.75, 3.05) is 6.61 Å². The number of hydrogen-bond donors (Lipinski definition) is 2. The standard InChI is InChI=1S/C12H12N2O2/c15-8-7-9-1-3-10(4-2-9)11-5-6-12(16)14-13-11/h1-6,15H,7-8H2,(H,14,16). The molecule has 1 aromatic heterocycles. The Morgan fingerprint density at radius 1 is 1.12 bits per heavy atom. The first-order valence-electron chi connectivity index (χ1n) is 5.05. The van der Waals surface area contributed by atoms with Gasteiger partial charge in [0.2, 0.25) is 0 Å². The Kier molecular flexibility index (Phi) is 3.12. The molecule has 1 aromatic carbocycles. The molecule has 0 atom stereocenters. The fraction of sp³-hybridized carbons (Fsp3) is 0.167. The molecule has 82 valence electrons. The van der Waals surface area contributed by atoms with Gasteiger partial charge in [-0.2, -0.15) is 5.10 Å². The number of H-pyrrole nitrogens is 1. The first-order chi connectivity index (χ1) is 7.79. The second-order valence-electron chi connectivity index (χ2n) is 3.48. The highest BCUT2D eigenvalue weighted by Gasteiger charge is 1.99. The number of rotatable bonds is 3. The number of hydrogen-bond acceptors (Lipinski definition) is 3. The zero-order valence-corrected chi connectivity index (χ0v) is 8.68. The van der Waals surface area contributed by atoms with Crippen LogP contribution in [0.4, 0.5) is 0 Å². The van der Waals surface area contributed by atoms with Crippen molar-refractivity contribution >= 4 is 0 Å². The van der Waals surface area contributed by atoms with E-state index < -0.39 is 0 Å². The molecule has 0 unspecified atom stereocenters. The van der Waals surface area contributed by atoms with Crippen LogP contribution in [0.3, 0.4) is 0 Å². The molecule has 0 amide bonds. The maximum atomic E-state index is 10.8. The molecule has 2 rings (SSSR count). The van der Waals surface area contributed by atoms with Crippen LogP contribution in [0.5, 0.6) is 0 Å². The van der Waals surface area contributed by atoms with E-state index >= 15 is 0 Å². The molecular weight excluding hydrogens is 204 g/mol. The van der Waals surface area contributed by atoms with E-state index in [1.54, 1.807) is 6.07 Å². The Morgan fingerprint density at radius 2 is 1.88 bits per heavy atom. The molecule has 0 saturated heterocycles. The predicted octanol–water partition coefficient (Wildman–Crippen LogP) is 0.972. The van der Waals surface area contributed by atoms with Gasteiger partial charge in [-0.1, -0.05) is 24.3 Å². The highest BCUT2D eigenvalue weighted by atomic mass is 16.2. The molecule has 0 aliphatic heterocycles. The number of benzene rings is 1. The Balaban J connectivity index is 2.27. The summed E-state index contributed by atoms with van der Waals surface area (Å²) < 4.78 is 0. The van der Waals surface area contributed by atoms with E-state index in [4.69, 9.17) is 5.11 Å². The molecule has 2 N–H and O–H groups in total. The minimum atomic E-state index is -0.208. The molecule has 1 heterocycles. The van der Waals surface area contributed by atoms with Crippen molar-refractivity contribution in [3.63, 3.8) is 0 Å². The summed E-state index contributed by atoms with van der Waals surface area (Å²) in [6.45, 7) is 0.149. The lowest BCUT2D eigenvalue weighted by Crippen LogP contribution is -2.05. The van der Waals surface area contributed by atoms with Crippen LogP contribution in [-0.2, 0) is 6.42 Å². The van der Waals surface area contributed by atoms with Gasteiger partial charge in [-0.3, -0.25) is 4.79 Å². The third kappa shape index (κ3) is 2.35. The molecule has 2 aromatic rings. The zero-order valence-electron chi connectivity index (χ0n) is 8.68. The minimum Gasteiger partial charge on any atom is -0.396 e. The lowest BCUT2D eigenvalue weighted by atomic mass is 10.1. The number of aromatic nitrogens is 2. The van der Waals surface area contributed by atoms with Crippen molar-refractivity contribution in [3.8, 4) is 11.3 Å². The van der Waals surface area contributed by atoms with Crippen LogP contribution < -0.4 is 5.56 Å². The zero-order chi connectivity index (χ0) is 11.4. The Labute approximate surface area is 92.6 Å². The quantitative estimate of drug-likeness (QED) is 0.803. The van der Waals surface area contributed by atoms with Crippen molar-refractivity contribution in [3.05, 3.63) is 52.3 Å². The van der Waals surface area contributed by atoms with E-state index in [9.17, 15) is 4.79 Å². The fourth-order valence-corrected chi connectivity index (χ4v) is 1.48. The van der Waals surface area contributed by atoms with Crippen molar-refractivity contribution in [2.45, 2.75) is 6.42 Å². The van der Waals surface area contributed by atoms with Crippen molar-refractivity contribution in [1.29, 1.82) is 0 Å². The van der Waals surface area contributed by atoms with Gasteiger partial charge in [0.15, 0.2) is 0 Å². The average Bonchev–Trinajstić information content (AvgIpc) is 2.32. The molecule has 0 spiro atoms. The van der Waals surface area contributed by atoms with E-state index in [1.165, 1.54) is 6.07 Å². The number of aliphatic hydroxyl groups excluding tert-OH is 1. The van der Waals surface area contributed by atoms with Gasteiger partial charge in [-0.15, -0.1) is 0 Å². The highest BCUT2D eigenvalue weighted by Crippen LogP contribution is 2.15. The SMILES string of the molecule is O=c1ccc(-c2ccc(CCO)cc2)n[nH]1. The maximum absolute atomic E-state index is 10.8. The van der Waals surface area contributed by atoms with Crippen molar-refractivity contribution < 1.29 is 5.11 Å². The predicted molar refractivity (Wildman–Crippen MR) is 61.1 cm³/mol. The van der Waals surface area contributed by atoms with E-state index in [-0.39, 0.29) is 12.2 Å². The van der Waals surface area contributed by atoms with Crippen LogP contribution >= 0.6 is 0 Å². The third-order valence-corrected chi connectivity index (χ3v) is 2.33. The lowest BCUT2D eigenvalue weighted by Gasteiger charge is -2.01. The summed E-state index contributed by atoms with van der Waals surface area (Å²) in [4.78, 5) is 10.8. The van der Waals surface area contributed by atoms with Gasteiger partial charge in [0.25, 0.3) is 5.56 Å². The second-order valence-corrected chi connectivity index (χ2v) is 3.48. The Bertz CT molecular complexity index is 497. The monoisotopic (exact) mass is 216 g/mol. The maximum Gasteiger partial charge on any atom is 0.264 e. The Morgan fingerprint density at radius 3 is 2.44 bits per heavy atom. The largest absolute Gasteiger partial charge is 0.396 e. The van der Waals surface area contributed by atoms with Gasteiger partial charge in [0, 0.05) is 18.2 Å². The number of aliphatic hydroxyl groups is 1. The molecule has 0 radical (unpaired) electrons. The average molecular weight is 216 g/mol. The van der Waals surface area contributed by atoms with Gasteiger partial charge in [-0.05, 0) is 18.1 Å². The minimum absolute atomic E-state index is 0.149. The lowest BCUT2D eigenvalue weighted by molar-refractivity contribution is 0.299. The van der Waals surface area contributed by atoms with Crippen LogP contribution in [-0.4, -0.2) is 21.9 Å². The molecule has 4 heteroatoms. The molecular formula is C12H12N2O2. The third-order valence-electron chi connectivity index (χ3n) is 2.33. The van der Waals surface area contributed by atoms with Gasteiger partial charge >= 0.3 is 0 Å². The molecule has 4 nitrogen and oxygen atoms in total. The van der Waals surface area contributed by atoms with Crippen molar-refractivity contribution in [1.82, 2.24) is 10.2 Å². The van der Waals surface area contributed by atoms with Gasteiger partial charge in [0.1, 0.15) is 0 Å². The topological polar surface area (TPSA) is 66.0 Å². The smallest absolute Gasteiger partial charge is 0.264 e. The highest BCUT2D eigenvalue weighted by molar-refractivity contribution is 5.58. The van der Waals surface area contributed by atoms with E-state index in [1.807, 2.05) is 24.3 Å². The van der Waals surface area contributed by atoms with Gasteiger partial charge < -0.3 is 5.11 Å². The van der Waals surface area contributed by atoms with Crippen molar-refractivity contribution in [2.24, 2.45) is 0 Å². The second kappa shape index (κ2) is 4.72. The summed E-state index contributed by atoms with van der Waals surface area (Å²) in [7, 11) is 0. The van der Waals surface area contributed by atoms with E-state index in [0.29, 0.717) is 6.42 Å². The molecule has 0 aliphatic rings. The normalized spacial score (nSPS) is 10.3. The molecule has 0 aliphatic carbocycles. The number of nitrogens with zero attached hydrogens (tertiary/aromatic N) is 1. The van der Waals surface area contributed by atoms with E-state index in [0.717, 1.165) is 16.8 Å². The number of aromatic amines is 1. The summed E-state index contributed by atoms with van der Waals surface area (Å²) in [6, 6.07) is 10.9. The van der Waals surface area contributed by atoms with Crippen LogP contribution in [0, 0.1) is 0 Å². The van der Waals surface area contributed by atoms with E-state index in [2.05, 4.69) is 10.2 Å². The summed E-state index contributed by atoms with van der Waals surface area (Å²) >= 11 is 0. The Hall–Kier alpha value is -1.94. The summed E-state index contributed by atoms with van der Waals surface area (Å²) in [5, 5.41) is 15.1. The summed E-state index contributed by atoms with van der Waals surface area (Å²) in [6.07, 6.45) is 0.652.